The van der Waals surface area contributed by atoms with Gasteiger partial charge in [0.2, 0.25) is 5.91 Å². The fourth-order valence-electron chi connectivity index (χ4n) is 3.22. The van der Waals surface area contributed by atoms with E-state index in [1.54, 1.807) is 11.3 Å². The van der Waals surface area contributed by atoms with Crippen molar-refractivity contribution in [2.45, 2.75) is 53.1 Å². The molecule has 1 N–H and O–H groups in total. The standard InChI is InChI=1S/C20H32N4OS/c1-14(2)12-24-16(4)18(15(3)22-24)7-8-20(25)21-11-19(23(5)6)17-9-10-26-13-17/h9-10,13-14,19H,7-8,11-12H2,1-6H3,(H,21,25). The number of carbonyl (C=O) groups excluding carboxylic acids is 1. The number of nitrogens with zero attached hydrogens (tertiary/aromatic N) is 3. The van der Waals surface area contributed by atoms with E-state index in [1.165, 1.54) is 16.8 Å². The Balaban J connectivity index is 1.90. The Kier molecular flexibility index (Phi) is 7.41. The van der Waals surface area contributed by atoms with Gasteiger partial charge in [-0.05, 0) is 68.2 Å². The maximum atomic E-state index is 12.4. The van der Waals surface area contributed by atoms with Crippen LogP contribution in [0.4, 0.5) is 0 Å². The predicted molar refractivity (Wildman–Crippen MR) is 109 cm³/mol. The largest absolute Gasteiger partial charge is 0.354 e. The maximum Gasteiger partial charge on any atom is 0.220 e. The van der Waals surface area contributed by atoms with Crippen molar-refractivity contribution in [2.75, 3.05) is 20.6 Å². The molecule has 0 saturated carbocycles. The SMILES string of the molecule is Cc1nn(CC(C)C)c(C)c1CCC(=O)NCC(c1ccsc1)N(C)C. The van der Waals surface area contributed by atoms with Gasteiger partial charge in [0.1, 0.15) is 0 Å². The van der Waals surface area contributed by atoms with Crippen LogP contribution in [0.1, 0.15) is 48.8 Å². The van der Waals surface area contributed by atoms with Gasteiger partial charge in [0.15, 0.2) is 0 Å². The number of hydrogen-bond donors (Lipinski definition) is 1. The van der Waals surface area contributed by atoms with Crippen LogP contribution >= 0.6 is 11.3 Å². The molecule has 0 fully saturated rings. The van der Waals surface area contributed by atoms with Crippen LogP contribution in [0.3, 0.4) is 0 Å². The summed E-state index contributed by atoms with van der Waals surface area (Å²) in [5, 5.41) is 12.0. The first-order valence-electron chi connectivity index (χ1n) is 9.27. The first-order chi connectivity index (χ1) is 12.3. The second kappa shape index (κ2) is 9.33. The van der Waals surface area contributed by atoms with E-state index in [-0.39, 0.29) is 11.9 Å². The van der Waals surface area contributed by atoms with Crippen molar-refractivity contribution in [3.63, 3.8) is 0 Å². The molecule has 0 aromatic carbocycles. The number of aromatic nitrogens is 2. The smallest absolute Gasteiger partial charge is 0.220 e. The summed E-state index contributed by atoms with van der Waals surface area (Å²) in [6, 6.07) is 2.33. The highest BCUT2D eigenvalue weighted by Gasteiger charge is 2.17. The first-order valence-corrected chi connectivity index (χ1v) is 10.2. The van der Waals surface area contributed by atoms with Gasteiger partial charge in [0, 0.05) is 25.2 Å². The lowest BCUT2D eigenvalue weighted by Crippen LogP contribution is -2.34. The molecule has 5 nitrogen and oxygen atoms in total. The Morgan fingerprint density at radius 1 is 1.35 bits per heavy atom. The molecule has 2 aromatic heterocycles. The molecule has 144 valence electrons. The fraction of sp³-hybridized carbons (Fsp3) is 0.600. The second-order valence-electron chi connectivity index (χ2n) is 7.57. The summed E-state index contributed by atoms with van der Waals surface area (Å²) in [6.07, 6.45) is 1.24. The van der Waals surface area contributed by atoms with E-state index in [0.717, 1.165) is 18.7 Å². The number of likely N-dealkylation sites (N-methyl/N-ethyl adjacent to an activating group) is 1. The van der Waals surface area contributed by atoms with Crippen LogP contribution in [-0.2, 0) is 17.8 Å². The quantitative estimate of drug-likeness (QED) is 0.728. The molecule has 26 heavy (non-hydrogen) atoms. The van der Waals surface area contributed by atoms with E-state index in [1.807, 2.05) is 21.0 Å². The number of amides is 1. The maximum absolute atomic E-state index is 12.4. The zero-order valence-corrected chi connectivity index (χ0v) is 17.7. The molecule has 1 amide bonds. The van der Waals surface area contributed by atoms with E-state index in [2.05, 4.69) is 57.6 Å². The second-order valence-corrected chi connectivity index (χ2v) is 8.35. The third-order valence-corrected chi connectivity index (χ3v) is 5.42. The lowest BCUT2D eigenvalue weighted by Gasteiger charge is -2.24. The van der Waals surface area contributed by atoms with Crippen LogP contribution < -0.4 is 5.32 Å². The van der Waals surface area contributed by atoms with E-state index in [4.69, 9.17) is 0 Å². The Morgan fingerprint density at radius 2 is 2.08 bits per heavy atom. The van der Waals surface area contributed by atoms with Crippen LogP contribution in [0.15, 0.2) is 16.8 Å². The Morgan fingerprint density at radius 3 is 2.65 bits per heavy atom. The molecule has 1 unspecified atom stereocenters. The van der Waals surface area contributed by atoms with Gasteiger partial charge < -0.3 is 10.2 Å². The molecule has 2 heterocycles. The number of thiophene rings is 1. The Hall–Kier alpha value is -1.66. The summed E-state index contributed by atoms with van der Waals surface area (Å²) >= 11 is 1.69. The average molecular weight is 377 g/mol. The zero-order valence-electron chi connectivity index (χ0n) is 16.9. The van der Waals surface area contributed by atoms with Crippen LogP contribution in [0.2, 0.25) is 0 Å². The van der Waals surface area contributed by atoms with E-state index in [0.29, 0.717) is 18.9 Å². The average Bonchev–Trinajstić information content (AvgIpc) is 3.15. The van der Waals surface area contributed by atoms with Gasteiger partial charge in [-0.15, -0.1) is 0 Å². The molecule has 0 aliphatic heterocycles. The molecule has 0 aliphatic carbocycles. The van der Waals surface area contributed by atoms with Crippen molar-refractivity contribution in [1.29, 1.82) is 0 Å². The number of nitrogens with one attached hydrogen (secondary N) is 1. The minimum atomic E-state index is 0.0995. The van der Waals surface area contributed by atoms with Gasteiger partial charge in [-0.25, -0.2) is 0 Å². The van der Waals surface area contributed by atoms with Crippen molar-refractivity contribution in [3.8, 4) is 0 Å². The summed E-state index contributed by atoms with van der Waals surface area (Å²) < 4.78 is 2.08. The third-order valence-electron chi connectivity index (χ3n) is 4.72. The highest BCUT2D eigenvalue weighted by Crippen LogP contribution is 2.20. The summed E-state index contributed by atoms with van der Waals surface area (Å²) in [7, 11) is 4.09. The molecule has 0 aliphatic rings. The zero-order chi connectivity index (χ0) is 19.3. The van der Waals surface area contributed by atoms with Gasteiger partial charge in [-0.3, -0.25) is 9.48 Å². The molecule has 0 bridgehead atoms. The van der Waals surface area contributed by atoms with Crippen LogP contribution in [0.5, 0.6) is 0 Å². The van der Waals surface area contributed by atoms with Gasteiger partial charge in [-0.2, -0.15) is 16.4 Å². The molecule has 0 radical (unpaired) electrons. The Labute approximate surface area is 161 Å². The summed E-state index contributed by atoms with van der Waals surface area (Å²) in [5.41, 5.74) is 4.69. The number of rotatable bonds is 9. The highest BCUT2D eigenvalue weighted by molar-refractivity contribution is 7.07. The minimum absolute atomic E-state index is 0.0995. The molecule has 2 rings (SSSR count). The van der Waals surface area contributed by atoms with Crippen molar-refractivity contribution in [2.24, 2.45) is 5.92 Å². The van der Waals surface area contributed by atoms with Crippen molar-refractivity contribution in [1.82, 2.24) is 20.0 Å². The van der Waals surface area contributed by atoms with Gasteiger partial charge in [0.05, 0.1) is 11.7 Å². The van der Waals surface area contributed by atoms with Crippen molar-refractivity contribution < 1.29 is 4.79 Å². The summed E-state index contributed by atoms with van der Waals surface area (Å²) in [6.45, 7) is 10.1. The van der Waals surface area contributed by atoms with Crippen LogP contribution in [0.25, 0.3) is 0 Å². The van der Waals surface area contributed by atoms with Crippen LogP contribution in [0, 0.1) is 19.8 Å². The summed E-state index contributed by atoms with van der Waals surface area (Å²) in [4.78, 5) is 14.5. The first kappa shape index (κ1) is 20.6. The molecule has 2 aromatic rings. The van der Waals surface area contributed by atoms with E-state index >= 15 is 0 Å². The monoisotopic (exact) mass is 376 g/mol. The highest BCUT2D eigenvalue weighted by atomic mass is 32.1. The van der Waals surface area contributed by atoms with Crippen molar-refractivity contribution in [3.05, 3.63) is 39.3 Å². The molecular formula is C20H32N4OS. The molecular weight excluding hydrogens is 344 g/mol. The van der Waals surface area contributed by atoms with Gasteiger partial charge in [-0.1, -0.05) is 13.8 Å². The Bertz CT molecular complexity index is 704. The van der Waals surface area contributed by atoms with Crippen LogP contribution in [-0.4, -0.2) is 41.2 Å². The molecule has 1 atom stereocenters. The third kappa shape index (κ3) is 5.42. The lowest BCUT2D eigenvalue weighted by molar-refractivity contribution is -0.121. The number of aryl methyl sites for hydroxylation is 1. The molecule has 0 spiro atoms. The van der Waals surface area contributed by atoms with Gasteiger partial charge >= 0.3 is 0 Å². The minimum Gasteiger partial charge on any atom is -0.354 e. The number of carbonyl (C=O) groups is 1. The van der Waals surface area contributed by atoms with E-state index < -0.39 is 0 Å². The van der Waals surface area contributed by atoms with E-state index in [9.17, 15) is 4.79 Å². The number of hydrogen-bond acceptors (Lipinski definition) is 4. The molecule has 0 saturated heterocycles. The summed E-state index contributed by atoms with van der Waals surface area (Å²) in [5.74, 6) is 0.659. The lowest BCUT2D eigenvalue weighted by atomic mass is 10.1. The van der Waals surface area contributed by atoms with Gasteiger partial charge in [0.25, 0.3) is 0 Å². The topological polar surface area (TPSA) is 50.2 Å². The fourth-order valence-corrected chi connectivity index (χ4v) is 3.93. The normalized spacial score (nSPS) is 12.8. The van der Waals surface area contributed by atoms with Crippen molar-refractivity contribution >= 4 is 17.2 Å². The predicted octanol–water partition coefficient (Wildman–Crippen LogP) is 3.57. The molecule has 6 heteroatoms.